The minimum Gasteiger partial charge on any atom is -0.322 e. The molecule has 30 heavy (non-hydrogen) atoms. The maximum absolute atomic E-state index is 12.6. The van der Waals surface area contributed by atoms with E-state index in [-0.39, 0.29) is 23.6 Å². The highest BCUT2D eigenvalue weighted by atomic mass is 32.2. The molecule has 0 atom stereocenters. The second-order valence-electron chi connectivity index (χ2n) is 6.80. The summed E-state index contributed by atoms with van der Waals surface area (Å²) in [7, 11) is 0. The Balaban J connectivity index is 1.42. The molecular formula is C23H18N2O3S2. The number of anilines is 1. The Bertz CT molecular complexity index is 1140. The predicted molar refractivity (Wildman–Crippen MR) is 121 cm³/mol. The van der Waals surface area contributed by atoms with Crippen LogP contribution in [-0.2, 0) is 11.3 Å². The van der Waals surface area contributed by atoms with E-state index in [1.807, 2.05) is 48.7 Å². The lowest BCUT2D eigenvalue weighted by Crippen LogP contribution is -2.27. The third-order valence-electron chi connectivity index (χ3n) is 4.52. The number of amides is 3. The quantitative estimate of drug-likeness (QED) is 0.535. The molecular weight excluding hydrogens is 416 g/mol. The number of benzene rings is 2. The van der Waals surface area contributed by atoms with Gasteiger partial charge in [-0.3, -0.25) is 19.3 Å². The van der Waals surface area contributed by atoms with Crippen LogP contribution in [0, 0.1) is 6.92 Å². The van der Waals surface area contributed by atoms with Gasteiger partial charge in [0, 0.05) is 16.1 Å². The summed E-state index contributed by atoms with van der Waals surface area (Å²) in [5.74, 6) is -0.503. The van der Waals surface area contributed by atoms with Crippen LogP contribution in [0.5, 0.6) is 0 Å². The molecule has 1 saturated heterocycles. The Morgan fingerprint density at radius 1 is 1.07 bits per heavy atom. The van der Waals surface area contributed by atoms with Gasteiger partial charge in [-0.15, -0.1) is 11.3 Å². The molecule has 0 unspecified atom stereocenters. The van der Waals surface area contributed by atoms with Crippen molar-refractivity contribution in [3.8, 4) is 0 Å². The maximum Gasteiger partial charge on any atom is 0.293 e. The molecule has 2 heterocycles. The molecule has 0 spiro atoms. The Hall–Kier alpha value is -3.16. The van der Waals surface area contributed by atoms with Crippen LogP contribution in [0.15, 0.2) is 70.9 Å². The highest BCUT2D eigenvalue weighted by Gasteiger charge is 2.35. The Morgan fingerprint density at radius 2 is 1.87 bits per heavy atom. The number of thiophene rings is 1. The smallest absolute Gasteiger partial charge is 0.293 e. The van der Waals surface area contributed by atoms with Crippen LogP contribution < -0.4 is 5.32 Å². The zero-order valence-electron chi connectivity index (χ0n) is 16.1. The van der Waals surface area contributed by atoms with Gasteiger partial charge in [-0.25, -0.2) is 0 Å². The highest BCUT2D eigenvalue weighted by Crippen LogP contribution is 2.34. The van der Waals surface area contributed by atoms with Crippen LogP contribution in [0.3, 0.4) is 0 Å². The van der Waals surface area contributed by atoms with Crippen molar-refractivity contribution in [2.45, 2.75) is 13.5 Å². The summed E-state index contributed by atoms with van der Waals surface area (Å²) in [5, 5.41) is 4.50. The highest BCUT2D eigenvalue weighted by molar-refractivity contribution is 8.18. The van der Waals surface area contributed by atoms with Crippen molar-refractivity contribution in [1.82, 2.24) is 4.90 Å². The molecule has 1 aliphatic rings. The zero-order valence-corrected chi connectivity index (χ0v) is 17.8. The van der Waals surface area contributed by atoms with Crippen molar-refractivity contribution >= 4 is 51.9 Å². The van der Waals surface area contributed by atoms with Crippen molar-refractivity contribution in [3.05, 3.63) is 92.5 Å². The fraction of sp³-hybridized carbons (Fsp3) is 0.0870. The van der Waals surface area contributed by atoms with E-state index in [0.717, 1.165) is 33.5 Å². The monoisotopic (exact) mass is 434 g/mol. The zero-order chi connectivity index (χ0) is 21.1. The fourth-order valence-corrected chi connectivity index (χ4v) is 4.57. The number of nitrogens with zero attached hydrogens (tertiary/aromatic N) is 1. The molecule has 4 rings (SSSR count). The molecule has 2 aromatic carbocycles. The van der Waals surface area contributed by atoms with E-state index in [1.54, 1.807) is 30.3 Å². The average molecular weight is 435 g/mol. The molecule has 0 aliphatic carbocycles. The lowest BCUT2D eigenvalue weighted by molar-refractivity contribution is -0.123. The third-order valence-corrected chi connectivity index (χ3v) is 6.25. The number of carbonyl (C=O) groups is 3. The average Bonchev–Trinajstić information content (AvgIpc) is 3.33. The number of carbonyl (C=O) groups excluding carboxylic acids is 3. The van der Waals surface area contributed by atoms with Gasteiger partial charge in [-0.05, 0) is 71.6 Å². The van der Waals surface area contributed by atoms with Crippen molar-refractivity contribution in [2.24, 2.45) is 0 Å². The molecule has 5 nitrogen and oxygen atoms in total. The van der Waals surface area contributed by atoms with E-state index in [2.05, 4.69) is 5.32 Å². The fourth-order valence-electron chi connectivity index (χ4n) is 3.01. The van der Waals surface area contributed by atoms with Gasteiger partial charge >= 0.3 is 0 Å². The maximum atomic E-state index is 12.6. The largest absolute Gasteiger partial charge is 0.322 e. The second-order valence-corrected chi connectivity index (χ2v) is 8.78. The van der Waals surface area contributed by atoms with Crippen LogP contribution in [0.4, 0.5) is 10.5 Å². The van der Waals surface area contributed by atoms with Crippen molar-refractivity contribution in [1.29, 1.82) is 0 Å². The molecule has 150 valence electrons. The van der Waals surface area contributed by atoms with Gasteiger partial charge in [-0.2, -0.15) is 0 Å². The van der Waals surface area contributed by atoms with Crippen molar-refractivity contribution in [2.75, 3.05) is 5.32 Å². The number of aryl methyl sites for hydroxylation is 1. The molecule has 0 bridgehead atoms. The summed E-state index contributed by atoms with van der Waals surface area (Å²) in [6.07, 6.45) is 1.74. The molecule has 1 N–H and O–H groups in total. The van der Waals surface area contributed by atoms with Crippen LogP contribution in [0.25, 0.3) is 6.08 Å². The van der Waals surface area contributed by atoms with E-state index in [1.165, 1.54) is 16.2 Å². The minimum atomic E-state index is -0.292. The number of thioether (sulfide) groups is 1. The van der Waals surface area contributed by atoms with Crippen LogP contribution >= 0.6 is 23.1 Å². The van der Waals surface area contributed by atoms with Gasteiger partial charge in [0.25, 0.3) is 17.1 Å². The first kappa shape index (κ1) is 20.1. The summed E-state index contributed by atoms with van der Waals surface area (Å²) in [6.45, 7) is 2.14. The molecule has 1 aromatic heterocycles. The first-order valence-electron chi connectivity index (χ1n) is 9.25. The number of nitrogens with one attached hydrogen (secondary N) is 1. The van der Waals surface area contributed by atoms with Gasteiger partial charge in [0.15, 0.2) is 0 Å². The van der Waals surface area contributed by atoms with Gasteiger partial charge in [-0.1, -0.05) is 30.3 Å². The summed E-state index contributed by atoms with van der Waals surface area (Å²) in [4.78, 5) is 39.9. The number of hydrogen-bond donors (Lipinski definition) is 1. The first-order valence-corrected chi connectivity index (χ1v) is 10.9. The Morgan fingerprint density at radius 3 is 2.57 bits per heavy atom. The van der Waals surface area contributed by atoms with Gasteiger partial charge in [0.1, 0.15) is 0 Å². The molecule has 1 aliphatic heterocycles. The number of hydrogen-bond acceptors (Lipinski definition) is 5. The summed E-state index contributed by atoms with van der Waals surface area (Å²) >= 11 is 2.46. The van der Waals surface area contributed by atoms with Crippen LogP contribution in [0.2, 0.25) is 0 Å². The molecule has 1 fully saturated rings. The number of imide groups is 1. The van der Waals surface area contributed by atoms with Crippen molar-refractivity contribution in [3.63, 3.8) is 0 Å². The first-order chi connectivity index (χ1) is 14.5. The number of rotatable bonds is 5. The van der Waals surface area contributed by atoms with E-state index >= 15 is 0 Å². The lowest BCUT2D eigenvalue weighted by atomic mass is 10.1. The van der Waals surface area contributed by atoms with Crippen LogP contribution in [0.1, 0.15) is 26.4 Å². The molecule has 0 saturated carbocycles. The molecule has 0 radical (unpaired) electrons. The van der Waals surface area contributed by atoms with E-state index < -0.39 is 0 Å². The summed E-state index contributed by atoms with van der Waals surface area (Å²) in [5.41, 5.74) is 3.08. The molecule has 7 heteroatoms. The van der Waals surface area contributed by atoms with E-state index in [0.29, 0.717) is 10.5 Å². The van der Waals surface area contributed by atoms with Gasteiger partial charge < -0.3 is 5.32 Å². The van der Waals surface area contributed by atoms with Crippen LogP contribution in [-0.4, -0.2) is 22.0 Å². The normalized spacial score (nSPS) is 15.1. The topological polar surface area (TPSA) is 66.5 Å². The van der Waals surface area contributed by atoms with Crippen molar-refractivity contribution < 1.29 is 14.4 Å². The lowest BCUT2D eigenvalue weighted by Gasteiger charge is -2.13. The standard InChI is InChI=1S/C23H18N2O3S2/c1-15-4-2-5-18(12-15)24-21(26)17-9-7-16(8-10-17)14-25-22(27)20(30-23(25)28)13-19-6-3-11-29-19/h2-13H,14H2,1H3,(H,24,26)/b20-13-. The predicted octanol–water partition coefficient (Wildman–Crippen LogP) is 5.55. The van der Waals surface area contributed by atoms with E-state index in [9.17, 15) is 14.4 Å². The summed E-state index contributed by atoms with van der Waals surface area (Å²) in [6, 6.07) is 18.3. The molecule has 3 amide bonds. The second kappa shape index (κ2) is 8.69. The van der Waals surface area contributed by atoms with E-state index in [4.69, 9.17) is 0 Å². The SMILES string of the molecule is Cc1cccc(NC(=O)c2ccc(CN3C(=O)S/C(=C\c4cccs4)C3=O)cc2)c1. The summed E-state index contributed by atoms with van der Waals surface area (Å²) < 4.78 is 0. The molecule has 3 aromatic rings. The Kier molecular flexibility index (Phi) is 5.83. The minimum absolute atomic E-state index is 0.173. The van der Waals surface area contributed by atoms with Gasteiger partial charge in [0.05, 0.1) is 11.4 Å². The Labute approximate surface area is 182 Å². The third kappa shape index (κ3) is 4.53. The van der Waals surface area contributed by atoms with Gasteiger partial charge in [0.2, 0.25) is 0 Å².